The number of piperidine rings is 1. The molecule has 8 nitrogen and oxygen atoms in total. The molecule has 0 unspecified atom stereocenters. The van der Waals surface area contributed by atoms with Gasteiger partial charge in [0.1, 0.15) is 0 Å². The maximum absolute atomic E-state index is 13.0. The SMILES string of the molecule is C=CCn1c(=NC(=O)c2ccc(S(=O)(=O)N3CCC(C)CC3)cc2)sc2cc(NC(C)=O)ccc21. The molecule has 0 saturated carbocycles. The minimum atomic E-state index is -3.58. The average molecular weight is 513 g/mol. The van der Waals surface area contributed by atoms with Crippen molar-refractivity contribution in [3.05, 3.63) is 65.5 Å². The van der Waals surface area contributed by atoms with E-state index in [1.54, 1.807) is 12.1 Å². The van der Waals surface area contributed by atoms with E-state index in [1.165, 1.54) is 46.8 Å². The summed E-state index contributed by atoms with van der Waals surface area (Å²) in [5, 5.41) is 2.76. The number of rotatable bonds is 6. The van der Waals surface area contributed by atoms with Crippen LogP contribution in [0.5, 0.6) is 0 Å². The molecular weight excluding hydrogens is 484 g/mol. The van der Waals surface area contributed by atoms with Gasteiger partial charge in [-0.15, -0.1) is 6.58 Å². The van der Waals surface area contributed by atoms with E-state index in [0.29, 0.717) is 41.6 Å². The number of thiazole rings is 1. The first-order valence-corrected chi connectivity index (χ1v) is 13.7. The van der Waals surface area contributed by atoms with Crippen molar-refractivity contribution in [1.29, 1.82) is 0 Å². The van der Waals surface area contributed by atoms with Gasteiger partial charge in [-0.05, 0) is 61.2 Å². The Morgan fingerprint density at radius 3 is 2.49 bits per heavy atom. The first kappa shape index (κ1) is 25.0. The molecule has 1 aromatic heterocycles. The molecule has 0 radical (unpaired) electrons. The van der Waals surface area contributed by atoms with E-state index in [9.17, 15) is 18.0 Å². The summed E-state index contributed by atoms with van der Waals surface area (Å²) in [5.41, 5.74) is 1.83. The van der Waals surface area contributed by atoms with Crippen LogP contribution in [0.25, 0.3) is 10.2 Å². The Hall–Kier alpha value is -3.08. The van der Waals surface area contributed by atoms with Crippen LogP contribution in [-0.2, 0) is 21.4 Å². The van der Waals surface area contributed by atoms with Crippen molar-refractivity contribution < 1.29 is 18.0 Å². The smallest absolute Gasteiger partial charge is 0.279 e. The van der Waals surface area contributed by atoms with E-state index in [2.05, 4.69) is 23.8 Å². The summed E-state index contributed by atoms with van der Waals surface area (Å²) in [7, 11) is -3.58. The van der Waals surface area contributed by atoms with Crippen molar-refractivity contribution >= 4 is 49.1 Å². The van der Waals surface area contributed by atoms with E-state index in [-0.39, 0.29) is 10.8 Å². The quantitative estimate of drug-likeness (QED) is 0.504. The topological polar surface area (TPSA) is 101 Å². The number of carbonyl (C=O) groups is 2. The van der Waals surface area contributed by atoms with Crippen molar-refractivity contribution in [3.63, 3.8) is 0 Å². The Morgan fingerprint density at radius 2 is 1.86 bits per heavy atom. The predicted molar refractivity (Wildman–Crippen MR) is 138 cm³/mol. The summed E-state index contributed by atoms with van der Waals surface area (Å²) in [6.45, 7) is 8.85. The number of carbonyl (C=O) groups excluding carboxylic acids is 2. The second-order valence-corrected chi connectivity index (χ2v) is 11.6. The van der Waals surface area contributed by atoms with Crippen LogP contribution in [0.3, 0.4) is 0 Å². The lowest BCUT2D eigenvalue weighted by Crippen LogP contribution is -2.37. The third-order valence-corrected chi connectivity index (χ3v) is 8.95. The van der Waals surface area contributed by atoms with Crippen LogP contribution in [-0.4, -0.2) is 42.2 Å². The molecule has 184 valence electrons. The minimum Gasteiger partial charge on any atom is -0.326 e. The van der Waals surface area contributed by atoms with Crippen LogP contribution in [0.15, 0.2) is 65.0 Å². The first-order chi connectivity index (χ1) is 16.7. The van der Waals surface area contributed by atoms with E-state index >= 15 is 0 Å². The van der Waals surface area contributed by atoms with Crippen molar-refractivity contribution in [2.75, 3.05) is 18.4 Å². The van der Waals surface area contributed by atoms with E-state index in [1.807, 2.05) is 16.7 Å². The summed E-state index contributed by atoms with van der Waals surface area (Å²) in [5.74, 6) is -0.106. The number of nitrogens with one attached hydrogen (secondary N) is 1. The normalized spacial score (nSPS) is 15.9. The highest BCUT2D eigenvalue weighted by molar-refractivity contribution is 7.89. The minimum absolute atomic E-state index is 0.166. The van der Waals surface area contributed by atoms with Crippen LogP contribution in [0, 0.1) is 5.92 Å². The fourth-order valence-electron chi connectivity index (χ4n) is 4.04. The summed E-state index contributed by atoms with van der Waals surface area (Å²) in [6, 6.07) is 11.5. The third-order valence-electron chi connectivity index (χ3n) is 5.99. The number of aromatic nitrogens is 1. The van der Waals surface area contributed by atoms with Crippen molar-refractivity contribution in [1.82, 2.24) is 8.87 Å². The molecule has 1 fully saturated rings. The molecule has 3 aromatic rings. The van der Waals surface area contributed by atoms with Crippen LogP contribution >= 0.6 is 11.3 Å². The summed E-state index contributed by atoms with van der Waals surface area (Å²) >= 11 is 1.33. The van der Waals surface area contributed by atoms with Crippen LogP contribution in [0.4, 0.5) is 5.69 Å². The lowest BCUT2D eigenvalue weighted by Gasteiger charge is -2.29. The van der Waals surface area contributed by atoms with Gasteiger partial charge in [0.2, 0.25) is 15.9 Å². The number of sulfonamides is 1. The molecule has 4 rings (SSSR count). The Morgan fingerprint density at radius 1 is 1.17 bits per heavy atom. The highest BCUT2D eigenvalue weighted by Gasteiger charge is 2.28. The second-order valence-electron chi connectivity index (χ2n) is 8.68. The number of anilines is 1. The molecule has 2 heterocycles. The van der Waals surface area contributed by atoms with Gasteiger partial charge in [0.15, 0.2) is 4.80 Å². The van der Waals surface area contributed by atoms with Gasteiger partial charge in [-0.2, -0.15) is 9.30 Å². The molecule has 2 aromatic carbocycles. The summed E-state index contributed by atoms with van der Waals surface area (Å²) in [6.07, 6.45) is 3.42. The Balaban J connectivity index is 1.63. The maximum Gasteiger partial charge on any atom is 0.279 e. The number of hydrogen-bond donors (Lipinski definition) is 1. The van der Waals surface area contributed by atoms with Gasteiger partial charge in [0.25, 0.3) is 5.91 Å². The number of fused-ring (bicyclic) bond motifs is 1. The standard InChI is InChI=1S/C25H28N4O4S2/c1-4-13-29-22-10-7-20(26-18(3)30)16-23(22)34-25(29)27-24(31)19-5-8-21(9-6-19)35(32,33)28-14-11-17(2)12-15-28/h4-10,16-17H,1,11-15H2,2-3H3,(H,26,30). The van der Waals surface area contributed by atoms with E-state index in [4.69, 9.17) is 0 Å². The molecule has 2 amide bonds. The highest BCUT2D eigenvalue weighted by Crippen LogP contribution is 2.24. The molecule has 1 aliphatic rings. The molecule has 1 saturated heterocycles. The second kappa shape index (κ2) is 10.3. The third kappa shape index (κ3) is 5.44. The lowest BCUT2D eigenvalue weighted by atomic mass is 10.0. The Bertz CT molecular complexity index is 1440. The Labute approximate surface area is 208 Å². The van der Waals surface area contributed by atoms with E-state index < -0.39 is 15.9 Å². The average Bonchev–Trinajstić information content (AvgIpc) is 3.15. The van der Waals surface area contributed by atoms with Gasteiger partial charge in [-0.25, -0.2) is 8.42 Å². The largest absolute Gasteiger partial charge is 0.326 e. The molecule has 0 aliphatic carbocycles. The van der Waals surface area contributed by atoms with Crippen molar-refractivity contribution in [2.24, 2.45) is 10.9 Å². The predicted octanol–water partition coefficient (Wildman–Crippen LogP) is 4.01. The Kier molecular flexibility index (Phi) is 7.34. The number of hydrogen-bond acceptors (Lipinski definition) is 5. The van der Waals surface area contributed by atoms with Gasteiger partial charge in [-0.1, -0.05) is 24.3 Å². The van der Waals surface area contributed by atoms with Gasteiger partial charge in [0.05, 0.1) is 15.1 Å². The molecule has 1 aliphatic heterocycles. The monoisotopic (exact) mass is 512 g/mol. The molecule has 0 spiro atoms. The van der Waals surface area contributed by atoms with Crippen LogP contribution in [0.1, 0.15) is 37.0 Å². The molecule has 10 heteroatoms. The molecule has 0 bridgehead atoms. The van der Waals surface area contributed by atoms with Gasteiger partial charge >= 0.3 is 0 Å². The zero-order chi connectivity index (χ0) is 25.2. The van der Waals surface area contributed by atoms with Gasteiger partial charge in [-0.3, -0.25) is 9.59 Å². The first-order valence-electron chi connectivity index (χ1n) is 11.4. The number of allylic oxidation sites excluding steroid dienone is 1. The van der Waals surface area contributed by atoms with Crippen LogP contribution in [0.2, 0.25) is 0 Å². The molecule has 1 N–H and O–H groups in total. The van der Waals surface area contributed by atoms with E-state index in [0.717, 1.165) is 23.1 Å². The summed E-state index contributed by atoms with van der Waals surface area (Å²) in [4.78, 5) is 29.3. The number of amides is 2. The maximum atomic E-state index is 13.0. The molecule has 0 atom stereocenters. The van der Waals surface area contributed by atoms with Crippen LogP contribution < -0.4 is 10.1 Å². The fourth-order valence-corrected chi connectivity index (χ4v) is 6.59. The van der Waals surface area contributed by atoms with Crippen molar-refractivity contribution in [2.45, 2.75) is 38.1 Å². The fraction of sp³-hybridized carbons (Fsp3) is 0.320. The highest BCUT2D eigenvalue weighted by atomic mass is 32.2. The number of benzene rings is 2. The van der Waals surface area contributed by atoms with Crippen molar-refractivity contribution in [3.8, 4) is 0 Å². The summed E-state index contributed by atoms with van der Waals surface area (Å²) < 4.78 is 30.2. The number of nitrogens with zero attached hydrogens (tertiary/aromatic N) is 3. The lowest BCUT2D eigenvalue weighted by molar-refractivity contribution is -0.114. The molecular formula is C25H28N4O4S2. The van der Waals surface area contributed by atoms with Gasteiger partial charge < -0.3 is 9.88 Å². The zero-order valence-corrected chi connectivity index (χ0v) is 21.4. The zero-order valence-electron chi connectivity index (χ0n) is 19.7. The van der Waals surface area contributed by atoms with Gasteiger partial charge in [0, 0.05) is 37.8 Å². The molecule has 35 heavy (non-hydrogen) atoms.